The molecule has 1 N–H and O–H groups in total. The Morgan fingerprint density at radius 2 is 1.92 bits per heavy atom. The van der Waals surface area contributed by atoms with Gasteiger partial charge in [-0.3, -0.25) is 0 Å². The number of hydrogen-bond acceptors (Lipinski definition) is 4. The molecule has 2 aromatic rings. The minimum absolute atomic E-state index is 0.471. The summed E-state index contributed by atoms with van der Waals surface area (Å²) in [5.41, 5.74) is 0.821. The summed E-state index contributed by atoms with van der Waals surface area (Å²) in [5, 5.41) is 12.9. The highest BCUT2D eigenvalue weighted by atomic mass is 32.2. The van der Waals surface area contributed by atoms with Crippen LogP contribution in [-0.4, -0.2) is 40.3 Å². The number of hydrogen-bond donors (Lipinski definition) is 1. The normalized spacial score (nSPS) is 25.4. The molecule has 0 saturated carbocycles. The first kappa shape index (κ1) is 16.5. The fourth-order valence-corrected chi connectivity index (χ4v) is 5.20. The van der Waals surface area contributed by atoms with E-state index in [2.05, 4.69) is 28.5 Å². The zero-order chi connectivity index (χ0) is 17.4. The standard InChI is InChI=1S/C20H23N2O2S/c1-3-16-13-25-19-21(16)14-20(23,15-9-11-18(24-2)12-10-15)22(19)17-7-5-4-6-8-17/h4-12,16,23H,3,13-14H2,1-2H3/q+1. The van der Waals surface area contributed by atoms with Crippen molar-refractivity contribution in [3.05, 3.63) is 60.2 Å². The van der Waals surface area contributed by atoms with E-state index in [4.69, 9.17) is 4.74 Å². The Kier molecular flexibility index (Phi) is 4.21. The van der Waals surface area contributed by atoms with E-state index in [0.717, 1.165) is 34.3 Å². The maximum absolute atomic E-state index is 11.8. The quantitative estimate of drug-likeness (QED) is 0.854. The van der Waals surface area contributed by atoms with Gasteiger partial charge in [-0.05, 0) is 54.6 Å². The summed E-state index contributed by atoms with van der Waals surface area (Å²) in [6, 6.07) is 18.4. The molecular weight excluding hydrogens is 332 g/mol. The molecule has 4 rings (SSSR count). The molecule has 2 unspecified atom stereocenters. The van der Waals surface area contributed by atoms with E-state index in [1.54, 1.807) is 7.11 Å². The van der Waals surface area contributed by atoms with Gasteiger partial charge < -0.3 is 9.84 Å². The monoisotopic (exact) mass is 355 g/mol. The minimum atomic E-state index is -1.08. The van der Waals surface area contributed by atoms with Crippen molar-refractivity contribution in [1.82, 2.24) is 0 Å². The van der Waals surface area contributed by atoms with Crippen molar-refractivity contribution in [1.29, 1.82) is 0 Å². The SMILES string of the molecule is CCC1CSC2=[N+]1CC(O)(c1ccc(OC)cc1)N2c1ccccc1. The summed E-state index contributed by atoms with van der Waals surface area (Å²) in [4.78, 5) is 2.09. The number of rotatable bonds is 4. The van der Waals surface area contributed by atoms with E-state index >= 15 is 0 Å². The molecular formula is C20H23N2O2S+. The molecule has 0 radical (unpaired) electrons. The van der Waals surface area contributed by atoms with Crippen LogP contribution in [0.1, 0.15) is 18.9 Å². The van der Waals surface area contributed by atoms with Crippen molar-refractivity contribution in [3.8, 4) is 5.75 Å². The molecule has 2 atom stereocenters. The highest BCUT2D eigenvalue weighted by Gasteiger charge is 2.57. The lowest BCUT2D eigenvalue weighted by atomic mass is 10.0. The Balaban J connectivity index is 1.81. The Bertz CT molecular complexity index is 791. The van der Waals surface area contributed by atoms with Crippen LogP contribution in [0.5, 0.6) is 5.75 Å². The maximum Gasteiger partial charge on any atom is 0.317 e. The van der Waals surface area contributed by atoms with Gasteiger partial charge in [0.05, 0.1) is 7.11 Å². The lowest BCUT2D eigenvalue weighted by Crippen LogP contribution is -2.47. The molecule has 2 aromatic carbocycles. The number of anilines is 1. The second-order valence-electron chi connectivity index (χ2n) is 6.50. The summed E-state index contributed by atoms with van der Waals surface area (Å²) in [5.74, 6) is 1.87. The predicted octanol–water partition coefficient (Wildman–Crippen LogP) is 3.25. The van der Waals surface area contributed by atoms with Crippen molar-refractivity contribution in [2.75, 3.05) is 24.3 Å². The second-order valence-corrected chi connectivity index (χ2v) is 7.49. The summed E-state index contributed by atoms with van der Waals surface area (Å²) >= 11 is 1.84. The third-order valence-corrected chi connectivity index (χ3v) is 6.31. The number of benzene rings is 2. The summed E-state index contributed by atoms with van der Waals surface area (Å²) in [6.45, 7) is 2.79. The zero-order valence-corrected chi connectivity index (χ0v) is 15.4. The van der Waals surface area contributed by atoms with E-state index in [1.165, 1.54) is 0 Å². The summed E-state index contributed by atoms with van der Waals surface area (Å²) in [6.07, 6.45) is 1.08. The average molecular weight is 355 g/mol. The molecule has 130 valence electrons. The first-order valence-electron chi connectivity index (χ1n) is 8.66. The van der Waals surface area contributed by atoms with Crippen LogP contribution in [0.4, 0.5) is 5.69 Å². The van der Waals surface area contributed by atoms with Gasteiger partial charge in [-0.1, -0.05) is 25.1 Å². The van der Waals surface area contributed by atoms with Crippen LogP contribution in [0.15, 0.2) is 54.6 Å². The molecule has 0 spiro atoms. The predicted molar refractivity (Wildman–Crippen MR) is 102 cm³/mol. The number of methoxy groups -OCH3 is 1. The van der Waals surface area contributed by atoms with E-state index < -0.39 is 5.72 Å². The van der Waals surface area contributed by atoms with E-state index in [0.29, 0.717) is 12.6 Å². The first-order chi connectivity index (χ1) is 12.2. The number of aliphatic hydroxyl groups is 1. The van der Waals surface area contributed by atoms with Crippen molar-refractivity contribution >= 4 is 22.6 Å². The van der Waals surface area contributed by atoms with Gasteiger partial charge in [-0.15, -0.1) is 0 Å². The van der Waals surface area contributed by atoms with Crippen LogP contribution in [0.25, 0.3) is 0 Å². The lowest BCUT2D eigenvalue weighted by molar-refractivity contribution is -0.561. The maximum atomic E-state index is 11.8. The topological polar surface area (TPSA) is 35.7 Å². The molecule has 0 saturated heterocycles. The van der Waals surface area contributed by atoms with Crippen LogP contribution in [-0.2, 0) is 5.72 Å². The molecule has 4 nitrogen and oxygen atoms in total. The zero-order valence-electron chi connectivity index (χ0n) is 14.6. The molecule has 0 amide bonds. The van der Waals surface area contributed by atoms with E-state index in [1.807, 2.05) is 54.2 Å². The van der Waals surface area contributed by atoms with Gasteiger partial charge in [0.25, 0.3) is 5.72 Å². The third kappa shape index (κ3) is 2.62. The van der Waals surface area contributed by atoms with Gasteiger partial charge >= 0.3 is 5.17 Å². The second kappa shape index (κ2) is 6.39. The van der Waals surface area contributed by atoms with Gasteiger partial charge in [-0.25, -0.2) is 4.58 Å². The lowest BCUT2D eigenvalue weighted by Gasteiger charge is -2.29. The van der Waals surface area contributed by atoms with Crippen LogP contribution in [0.3, 0.4) is 0 Å². The smallest absolute Gasteiger partial charge is 0.317 e. The van der Waals surface area contributed by atoms with Crippen molar-refractivity contribution in [2.45, 2.75) is 25.1 Å². The Labute approximate surface area is 152 Å². The van der Waals surface area contributed by atoms with Crippen LogP contribution in [0, 0.1) is 0 Å². The van der Waals surface area contributed by atoms with Crippen molar-refractivity contribution in [3.63, 3.8) is 0 Å². The van der Waals surface area contributed by atoms with E-state index in [9.17, 15) is 5.11 Å². The van der Waals surface area contributed by atoms with E-state index in [-0.39, 0.29) is 0 Å². The molecule has 0 bridgehead atoms. The molecule has 0 aromatic heterocycles. The van der Waals surface area contributed by atoms with Gasteiger partial charge in [-0.2, -0.15) is 4.90 Å². The molecule has 2 aliphatic rings. The molecule has 0 aliphatic carbocycles. The molecule has 2 aliphatic heterocycles. The third-order valence-electron chi connectivity index (χ3n) is 5.08. The number of thioether (sulfide) groups is 1. The molecule has 0 fully saturated rings. The summed E-state index contributed by atoms with van der Waals surface area (Å²) in [7, 11) is 1.66. The number of nitrogens with zero attached hydrogens (tertiary/aromatic N) is 2. The van der Waals surface area contributed by atoms with Gasteiger partial charge in [0, 0.05) is 11.3 Å². The molecule has 5 heteroatoms. The Morgan fingerprint density at radius 1 is 1.20 bits per heavy atom. The average Bonchev–Trinajstić information content (AvgIpc) is 3.18. The molecule has 2 heterocycles. The van der Waals surface area contributed by atoms with Gasteiger partial charge in [0.2, 0.25) is 0 Å². The first-order valence-corrected chi connectivity index (χ1v) is 9.64. The number of ether oxygens (including phenoxy) is 1. The van der Waals surface area contributed by atoms with Gasteiger partial charge in [0.1, 0.15) is 17.5 Å². The van der Waals surface area contributed by atoms with Crippen molar-refractivity contribution < 1.29 is 14.4 Å². The van der Waals surface area contributed by atoms with Gasteiger partial charge in [0.15, 0.2) is 6.54 Å². The van der Waals surface area contributed by atoms with Crippen LogP contribution >= 0.6 is 11.8 Å². The fraction of sp³-hybridized carbons (Fsp3) is 0.350. The van der Waals surface area contributed by atoms with Crippen LogP contribution < -0.4 is 9.64 Å². The molecule has 25 heavy (non-hydrogen) atoms. The number of para-hydroxylation sites is 1. The Morgan fingerprint density at radius 3 is 2.56 bits per heavy atom. The van der Waals surface area contributed by atoms with Crippen LogP contribution in [0.2, 0.25) is 0 Å². The highest BCUT2D eigenvalue weighted by Crippen LogP contribution is 2.42. The minimum Gasteiger partial charge on any atom is -0.497 e. The van der Waals surface area contributed by atoms with Crippen molar-refractivity contribution in [2.24, 2.45) is 0 Å². The summed E-state index contributed by atoms with van der Waals surface area (Å²) < 4.78 is 7.63. The number of amidine groups is 1. The largest absolute Gasteiger partial charge is 0.497 e. The highest BCUT2D eigenvalue weighted by molar-refractivity contribution is 8.14. The Hall–Kier alpha value is -1.98. The fourth-order valence-electron chi connectivity index (χ4n) is 3.67.